The van der Waals surface area contributed by atoms with Gasteiger partial charge >= 0.3 is 0 Å². The summed E-state index contributed by atoms with van der Waals surface area (Å²) in [6, 6.07) is 5.39. The highest BCUT2D eigenvalue weighted by Crippen LogP contribution is 2.28. The molecular formula is C14H17N3O3S. The molecule has 0 saturated heterocycles. The highest BCUT2D eigenvalue weighted by atomic mass is 32.1. The maximum Gasteiger partial charge on any atom is 0.258 e. The summed E-state index contributed by atoms with van der Waals surface area (Å²) in [5.74, 6) is 0.269. The van der Waals surface area contributed by atoms with Gasteiger partial charge in [-0.3, -0.25) is 4.79 Å². The van der Waals surface area contributed by atoms with E-state index >= 15 is 0 Å². The number of methoxy groups -OCH3 is 1. The minimum Gasteiger partial charge on any atom is -0.482 e. The molecule has 1 heterocycles. The number of rotatable bonds is 7. The summed E-state index contributed by atoms with van der Waals surface area (Å²) in [7, 11) is 1.58. The minimum absolute atomic E-state index is 0.0794. The third-order valence-corrected chi connectivity index (χ3v) is 3.31. The van der Waals surface area contributed by atoms with E-state index in [1.54, 1.807) is 24.8 Å². The quantitative estimate of drug-likeness (QED) is 0.598. The average Bonchev–Trinajstić information content (AvgIpc) is 3.00. The van der Waals surface area contributed by atoms with Crippen molar-refractivity contribution in [2.45, 2.75) is 0 Å². The van der Waals surface area contributed by atoms with E-state index in [9.17, 15) is 4.79 Å². The first-order chi connectivity index (χ1) is 10.2. The van der Waals surface area contributed by atoms with Crippen molar-refractivity contribution in [2.24, 2.45) is 0 Å². The molecule has 0 bridgehead atoms. The number of nitrogens with one attached hydrogen (secondary N) is 1. The van der Waals surface area contributed by atoms with Crippen molar-refractivity contribution in [1.29, 1.82) is 0 Å². The van der Waals surface area contributed by atoms with Gasteiger partial charge in [-0.1, -0.05) is 0 Å². The number of hydrogen-bond donors (Lipinski definition) is 2. The summed E-state index contributed by atoms with van der Waals surface area (Å²) in [6.07, 6.45) is 0. The van der Waals surface area contributed by atoms with Crippen LogP contribution in [-0.4, -0.2) is 37.8 Å². The molecule has 7 heteroatoms. The van der Waals surface area contributed by atoms with Crippen LogP contribution in [0.4, 0.5) is 5.69 Å². The molecular weight excluding hydrogens is 290 g/mol. The summed E-state index contributed by atoms with van der Waals surface area (Å²) in [4.78, 5) is 15.7. The molecule has 1 amide bonds. The third kappa shape index (κ3) is 4.44. The Morgan fingerprint density at radius 3 is 3.00 bits per heavy atom. The lowest BCUT2D eigenvalue weighted by atomic mass is 10.1. The van der Waals surface area contributed by atoms with Gasteiger partial charge in [0.15, 0.2) is 6.61 Å². The Labute approximate surface area is 126 Å². The SMILES string of the molecule is COCCNC(=O)COc1ccc(-c2cscn2)cc1N. The van der Waals surface area contributed by atoms with Crippen molar-refractivity contribution in [2.75, 3.05) is 32.6 Å². The van der Waals surface area contributed by atoms with Gasteiger partial charge in [0, 0.05) is 24.6 Å². The molecule has 0 aliphatic carbocycles. The molecule has 0 aliphatic rings. The lowest BCUT2D eigenvalue weighted by Crippen LogP contribution is -2.31. The van der Waals surface area contributed by atoms with E-state index in [0.29, 0.717) is 24.6 Å². The summed E-state index contributed by atoms with van der Waals surface area (Å²) in [5.41, 5.74) is 9.97. The molecule has 0 fully saturated rings. The molecule has 0 radical (unpaired) electrons. The van der Waals surface area contributed by atoms with Gasteiger partial charge in [0.25, 0.3) is 5.91 Å². The molecule has 0 aliphatic heterocycles. The van der Waals surface area contributed by atoms with Gasteiger partial charge in [-0.25, -0.2) is 4.98 Å². The first kappa shape index (κ1) is 15.3. The molecule has 6 nitrogen and oxygen atoms in total. The van der Waals surface area contributed by atoms with E-state index in [2.05, 4.69) is 10.3 Å². The van der Waals surface area contributed by atoms with Gasteiger partial charge in [-0.15, -0.1) is 11.3 Å². The highest BCUT2D eigenvalue weighted by molar-refractivity contribution is 7.07. The van der Waals surface area contributed by atoms with E-state index in [0.717, 1.165) is 11.3 Å². The molecule has 0 spiro atoms. The van der Waals surface area contributed by atoms with Crippen LogP contribution in [0.3, 0.4) is 0 Å². The molecule has 112 valence electrons. The third-order valence-electron chi connectivity index (χ3n) is 2.72. The van der Waals surface area contributed by atoms with Gasteiger partial charge in [-0.2, -0.15) is 0 Å². The molecule has 1 aromatic carbocycles. The van der Waals surface area contributed by atoms with Crippen LogP contribution in [0.1, 0.15) is 0 Å². The first-order valence-corrected chi connectivity index (χ1v) is 7.31. The van der Waals surface area contributed by atoms with Gasteiger partial charge < -0.3 is 20.5 Å². The number of ether oxygens (including phenoxy) is 2. The second-order valence-electron chi connectivity index (χ2n) is 4.26. The topological polar surface area (TPSA) is 86.5 Å². The van der Waals surface area contributed by atoms with Crippen LogP contribution >= 0.6 is 11.3 Å². The van der Waals surface area contributed by atoms with Crippen molar-refractivity contribution >= 4 is 22.9 Å². The van der Waals surface area contributed by atoms with Crippen LogP contribution in [0.15, 0.2) is 29.1 Å². The smallest absolute Gasteiger partial charge is 0.258 e. The maximum absolute atomic E-state index is 11.5. The number of carbonyl (C=O) groups is 1. The van der Waals surface area contributed by atoms with Gasteiger partial charge in [-0.05, 0) is 18.2 Å². The monoisotopic (exact) mass is 307 g/mol. The molecule has 0 unspecified atom stereocenters. The van der Waals surface area contributed by atoms with Crippen molar-refractivity contribution in [3.63, 3.8) is 0 Å². The summed E-state index contributed by atoms with van der Waals surface area (Å²) >= 11 is 1.52. The van der Waals surface area contributed by atoms with E-state index in [-0.39, 0.29) is 12.5 Å². The Morgan fingerprint density at radius 2 is 2.33 bits per heavy atom. The fourth-order valence-corrected chi connectivity index (χ4v) is 2.24. The molecule has 21 heavy (non-hydrogen) atoms. The number of carbonyl (C=O) groups excluding carboxylic acids is 1. The number of amides is 1. The fourth-order valence-electron chi connectivity index (χ4n) is 1.68. The number of hydrogen-bond acceptors (Lipinski definition) is 6. The van der Waals surface area contributed by atoms with E-state index in [1.165, 1.54) is 11.3 Å². The standard InChI is InChI=1S/C14H17N3O3S/c1-19-5-4-16-14(18)7-20-13-3-2-10(6-11(13)15)12-8-21-9-17-12/h2-3,6,8-9H,4-5,7,15H2,1H3,(H,16,18). The minimum atomic E-state index is -0.213. The molecule has 1 aromatic heterocycles. The van der Waals surface area contributed by atoms with Crippen LogP contribution in [-0.2, 0) is 9.53 Å². The predicted molar refractivity (Wildman–Crippen MR) is 82.3 cm³/mol. The number of anilines is 1. The van der Waals surface area contributed by atoms with Crippen LogP contribution in [0.25, 0.3) is 11.3 Å². The zero-order chi connectivity index (χ0) is 15.1. The number of benzene rings is 1. The highest BCUT2D eigenvalue weighted by Gasteiger charge is 2.07. The summed E-state index contributed by atoms with van der Waals surface area (Å²) in [5, 5.41) is 4.61. The number of nitrogen functional groups attached to an aromatic ring is 1. The van der Waals surface area contributed by atoms with Crippen LogP contribution in [0, 0.1) is 0 Å². The normalized spacial score (nSPS) is 10.3. The zero-order valence-corrected chi connectivity index (χ0v) is 12.5. The van der Waals surface area contributed by atoms with Gasteiger partial charge in [0.05, 0.1) is 23.5 Å². The van der Waals surface area contributed by atoms with E-state index in [1.807, 2.05) is 11.4 Å². The Kier molecular flexibility index (Phi) is 5.53. The second-order valence-corrected chi connectivity index (χ2v) is 4.98. The Bertz CT molecular complexity index is 587. The molecule has 2 rings (SSSR count). The second kappa shape index (κ2) is 7.61. The lowest BCUT2D eigenvalue weighted by Gasteiger charge is -2.10. The number of nitrogens with two attached hydrogens (primary N) is 1. The number of thiazole rings is 1. The van der Waals surface area contributed by atoms with E-state index in [4.69, 9.17) is 15.2 Å². The fraction of sp³-hybridized carbons (Fsp3) is 0.286. The van der Waals surface area contributed by atoms with Gasteiger partial charge in [0.1, 0.15) is 5.75 Å². The van der Waals surface area contributed by atoms with Crippen LogP contribution in [0.2, 0.25) is 0 Å². The van der Waals surface area contributed by atoms with Crippen LogP contribution in [0.5, 0.6) is 5.75 Å². The Balaban J connectivity index is 1.91. The van der Waals surface area contributed by atoms with Gasteiger partial charge in [0.2, 0.25) is 0 Å². The van der Waals surface area contributed by atoms with Crippen molar-refractivity contribution in [3.8, 4) is 17.0 Å². The molecule has 0 saturated carbocycles. The number of aromatic nitrogens is 1. The van der Waals surface area contributed by atoms with Crippen LogP contribution < -0.4 is 15.8 Å². The van der Waals surface area contributed by atoms with Crippen molar-refractivity contribution in [1.82, 2.24) is 10.3 Å². The first-order valence-electron chi connectivity index (χ1n) is 6.37. The number of nitrogens with zero attached hydrogens (tertiary/aromatic N) is 1. The Morgan fingerprint density at radius 1 is 1.48 bits per heavy atom. The molecule has 2 aromatic rings. The summed E-state index contributed by atoms with van der Waals surface area (Å²) in [6.45, 7) is 0.844. The molecule has 3 N–H and O–H groups in total. The largest absolute Gasteiger partial charge is 0.482 e. The van der Waals surface area contributed by atoms with Crippen molar-refractivity contribution < 1.29 is 14.3 Å². The molecule has 0 atom stereocenters. The lowest BCUT2D eigenvalue weighted by molar-refractivity contribution is -0.123. The zero-order valence-electron chi connectivity index (χ0n) is 11.7. The van der Waals surface area contributed by atoms with Crippen molar-refractivity contribution in [3.05, 3.63) is 29.1 Å². The average molecular weight is 307 g/mol. The predicted octanol–water partition coefficient (Wildman–Crippen LogP) is 1.53. The Hall–Kier alpha value is -2.12. The summed E-state index contributed by atoms with van der Waals surface area (Å²) < 4.78 is 10.2. The van der Waals surface area contributed by atoms with E-state index < -0.39 is 0 Å². The maximum atomic E-state index is 11.5.